The SMILES string of the molecule is O=C(c1ccno1)N1CCC[C@@H](c2nccs2)C1. The number of carbonyl (C=O) groups excluding carboxylic acids is 1. The Labute approximate surface area is 108 Å². The van der Waals surface area contributed by atoms with E-state index in [1.807, 2.05) is 16.5 Å². The quantitative estimate of drug-likeness (QED) is 0.833. The average Bonchev–Trinajstić information content (AvgIpc) is 3.11. The van der Waals surface area contributed by atoms with Gasteiger partial charge in [0.2, 0.25) is 5.76 Å². The minimum atomic E-state index is -0.0752. The fraction of sp³-hybridized carbons (Fsp3) is 0.417. The zero-order chi connectivity index (χ0) is 12.4. The van der Waals surface area contributed by atoms with Crippen molar-refractivity contribution in [2.24, 2.45) is 0 Å². The molecule has 0 unspecified atom stereocenters. The highest BCUT2D eigenvalue weighted by Crippen LogP contribution is 2.28. The fourth-order valence-electron chi connectivity index (χ4n) is 2.28. The minimum Gasteiger partial charge on any atom is -0.351 e. The first kappa shape index (κ1) is 11.4. The largest absolute Gasteiger partial charge is 0.351 e. The van der Waals surface area contributed by atoms with Crippen LogP contribution in [0.15, 0.2) is 28.4 Å². The Morgan fingerprint density at radius 1 is 1.50 bits per heavy atom. The molecule has 1 atom stereocenters. The van der Waals surface area contributed by atoms with E-state index in [2.05, 4.69) is 10.1 Å². The number of aromatic nitrogens is 2. The third-order valence-corrected chi connectivity index (χ3v) is 4.10. The molecule has 5 nitrogen and oxygen atoms in total. The first-order valence-electron chi connectivity index (χ1n) is 5.94. The smallest absolute Gasteiger partial charge is 0.292 e. The molecule has 0 radical (unpaired) electrons. The Balaban J connectivity index is 1.73. The summed E-state index contributed by atoms with van der Waals surface area (Å²) in [4.78, 5) is 18.3. The molecule has 2 aromatic rings. The van der Waals surface area contributed by atoms with Crippen LogP contribution in [0.5, 0.6) is 0 Å². The average molecular weight is 263 g/mol. The summed E-state index contributed by atoms with van der Waals surface area (Å²) in [5, 5.41) is 6.67. The van der Waals surface area contributed by atoms with Gasteiger partial charge in [0, 0.05) is 36.7 Å². The van der Waals surface area contributed by atoms with E-state index in [1.54, 1.807) is 17.4 Å². The van der Waals surface area contributed by atoms with Crippen LogP contribution in [-0.4, -0.2) is 34.0 Å². The molecule has 1 fully saturated rings. The van der Waals surface area contributed by atoms with Gasteiger partial charge in [-0.2, -0.15) is 0 Å². The van der Waals surface area contributed by atoms with Crippen LogP contribution in [0, 0.1) is 0 Å². The minimum absolute atomic E-state index is 0.0752. The lowest BCUT2D eigenvalue weighted by Gasteiger charge is -2.31. The molecular formula is C12H13N3O2S. The molecule has 94 valence electrons. The lowest BCUT2D eigenvalue weighted by Crippen LogP contribution is -2.38. The molecule has 0 N–H and O–H groups in total. The van der Waals surface area contributed by atoms with Gasteiger partial charge >= 0.3 is 0 Å². The van der Waals surface area contributed by atoms with E-state index in [9.17, 15) is 4.79 Å². The number of piperidine rings is 1. The Bertz CT molecular complexity index is 509. The monoisotopic (exact) mass is 263 g/mol. The molecular weight excluding hydrogens is 250 g/mol. The van der Waals surface area contributed by atoms with Crippen molar-refractivity contribution in [2.45, 2.75) is 18.8 Å². The molecule has 0 saturated carbocycles. The van der Waals surface area contributed by atoms with Crippen molar-refractivity contribution in [3.63, 3.8) is 0 Å². The van der Waals surface area contributed by atoms with E-state index in [0.29, 0.717) is 18.2 Å². The summed E-state index contributed by atoms with van der Waals surface area (Å²) in [5.74, 6) is 0.592. The summed E-state index contributed by atoms with van der Waals surface area (Å²) in [5.41, 5.74) is 0. The zero-order valence-electron chi connectivity index (χ0n) is 9.78. The van der Waals surface area contributed by atoms with Gasteiger partial charge in [0.1, 0.15) is 0 Å². The van der Waals surface area contributed by atoms with Crippen LogP contribution < -0.4 is 0 Å². The summed E-state index contributed by atoms with van der Waals surface area (Å²) in [7, 11) is 0. The van der Waals surface area contributed by atoms with E-state index in [4.69, 9.17) is 4.52 Å². The van der Waals surface area contributed by atoms with Crippen molar-refractivity contribution in [3.05, 3.63) is 34.6 Å². The van der Waals surface area contributed by atoms with Crippen LogP contribution in [0.4, 0.5) is 0 Å². The number of rotatable bonds is 2. The Hall–Kier alpha value is -1.69. The number of hydrogen-bond acceptors (Lipinski definition) is 5. The number of thiazole rings is 1. The number of likely N-dealkylation sites (tertiary alicyclic amines) is 1. The van der Waals surface area contributed by atoms with Gasteiger partial charge in [0.25, 0.3) is 5.91 Å². The molecule has 6 heteroatoms. The maximum atomic E-state index is 12.2. The van der Waals surface area contributed by atoms with Crippen LogP contribution in [0.25, 0.3) is 0 Å². The van der Waals surface area contributed by atoms with Crippen molar-refractivity contribution in [1.29, 1.82) is 0 Å². The Morgan fingerprint density at radius 2 is 2.44 bits per heavy atom. The van der Waals surface area contributed by atoms with Crippen LogP contribution in [0.1, 0.15) is 34.3 Å². The van der Waals surface area contributed by atoms with Gasteiger partial charge in [-0.3, -0.25) is 4.79 Å². The number of nitrogens with zero attached hydrogens (tertiary/aromatic N) is 3. The van der Waals surface area contributed by atoms with Crippen LogP contribution >= 0.6 is 11.3 Å². The summed E-state index contributed by atoms with van der Waals surface area (Å²) >= 11 is 1.66. The lowest BCUT2D eigenvalue weighted by molar-refractivity contribution is 0.0665. The highest BCUT2D eigenvalue weighted by Gasteiger charge is 2.28. The summed E-state index contributed by atoms with van der Waals surface area (Å²) < 4.78 is 4.92. The van der Waals surface area contributed by atoms with Crippen molar-refractivity contribution in [1.82, 2.24) is 15.0 Å². The van der Waals surface area contributed by atoms with Crippen LogP contribution in [0.2, 0.25) is 0 Å². The molecule has 18 heavy (non-hydrogen) atoms. The topological polar surface area (TPSA) is 59.2 Å². The molecule has 0 aromatic carbocycles. The van der Waals surface area contributed by atoms with Gasteiger partial charge in [-0.1, -0.05) is 5.16 Å². The van der Waals surface area contributed by atoms with Gasteiger partial charge in [0.15, 0.2) is 0 Å². The predicted molar refractivity (Wildman–Crippen MR) is 66.5 cm³/mol. The molecule has 1 aliphatic rings. The maximum absolute atomic E-state index is 12.2. The second kappa shape index (κ2) is 4.89. The maximum Gasteiger partial charge on any atom is 0.292 e. The van der Waals surface area contributed by atoms with Gasteiger partial charge in [-0.25, -0.2) is 4.98 Å². The van der Waals surface area contributed by atoms with Gasteiger partial charge in [0.05, 0.1) is 11.2 Å². The molecule has 3 heterocycles. The second-order valence-corrected chi connectivity index (χ2v) is 5.26. The molecule has 1 amide bonds. The van der Waals surface area contributed by atoms with Gasteiger partial charge in [-0.15, -0.1) is 11.3 Å². The number of carbonyl (C=O) groups is 1. The van der Waals surface area contributed by atoms with E-state index in [1.165, 1.54) is 6.20 Å². The highest BCUT2D eigenvalue weighted by molar-refractivity contribution is 7.09. The second-order valence-electron chi connectivity index (χ2n) is 4.34. The summed E-state index contributed by atoms with van der Waals surface area (Å²) in [6, 6.07) is 1.61. The van der Waals surface area contributed by atoms with Crippen molar-refractivity contribution in [3.8, 4) is 0 Å². The number of amides is 1. The third-order valence-electron chi connectivity index (χ3n) is 3.16. The van der Waals surface area contributed by atoms with E-state index in [0.717, 1.165) is 24.4 Å². The van der Waals surface area contributed by atoms with Crippen LogP contribution in [-0.2, 0) is 0 Å². The lowest BCUT2D eigenvalue weighted by atomic mass is 9.98. The predicted octanol–water partition coefficient (Wildman–Crippen LogP) is 2.15. The van der Waals surface area contributed by atoms with Crippen molar-refractivity contribution >= 4 is 17.2 Å². The molecule has 0 bridgehead atoms. The molecule has 1 aliphatic heterocycles. The molecule has 0 spiro atoms. The first-order chi connectivity index (χ1) is 8.84. The van der Waals surface area contributed by atoms with E-state index >= 15 is 0 Å². The summed E-state index contributed by atoms with van der Waals surface area (Å²) in [6.07, 6.45) is 5.41. The molecule has 3 rings (SSSR count). The van der Waals surface area contributed by atoms with Crippen molar-refractivity contribution in [2.75, 3.05) is 13.1 Å². The standard InChI is InChI=1S/C12H13N3O2S/c16-12(10-3-4-14-17-10)15-6-1-2-9(8-15)11-13-5-7-18-11/h3-5,7,9H,1-2,6,8H2/t9-/m1/s1. The molecule has 0 aliphatic carbocycles. The van der Waals surface area contributed by atoms with Crippen molar-refractivity contribution < 1.29 is 9.32 Å². The fourth-order valence-corrected chi connectivity index (χ4v) is 3.05. The normalized spacial score (nSPS) is 20.0. The van der Waals surface area contributed by atoms with E-state index in [-0.39, 0.29) is 5.91 Å². The molecule has 1 saturated heterocycles. The highest BCUT2D eigenvalue weighted by atomic mass is 32.1. The van der Waals surface area contributed by atoms with E-state index < -0.39 is 0 Å². The van der Waals surface area contributed by atoms with Gasteiger partial charge in [-0.05, 0) is 12.8 Å². The zero-order valence-corrected chi connectivity index (χ0v) is 10.6. The van der Waals surface area contributed by atoms with Crippen LogP contribution in [0.3, 0.4) is 0 Å². The first-order valence-corrected chi connectivity index (χ1v) is 6.82. The Morgan fingerprint density at radius 3 is 3.17 bits per heavy atom. The molecule has 2 aromatic heterocycles. The van der Waals surface area contributed by atoms with Gasteiger partial charge < -0.3 is 9.42 Å². The Kier molecular flexibility index (Phi) is 3.10. The third kappa shape index (κ3) is 2.15. The number of hydrogen-bond donors (Lipinski definition) is 0. The summed E-state index contributed by atoms with van der Waals surface area (Å²) in [6.45, 7) is 1.49.